The zero-order valence-corrected chi connectivity index (χ0v) is 9.44. The Morgan fingerprint density at radius 1 is 1.29 bits per heavy atom. The highest BCUT2D eigenvalue weighted by molar-refractivity contribution is 7.91. The highest BCUT2D eigenvalue weighted by atomic mass is 32.3. The van der Waals surface area contributed by atoms with Gasteiger partial charge in [0.25, 0.3) is 0 Å². The van der Waals surface area contributed by atoms with Crippen LogP contribution in [0.2, 0.25) is 0 Å². The van der Waals surface area contributed by atoms with E-state index >= 15 is 0 Å². The maximum Gasteiger partial charge on any atom is 0.305 e. The van der Waals surface area contributed by atoms with Gasteiger partial charge in [-0.05, 0) is 25.7 Å². The molecular weight excluding hydrogens is 231 g/mol. The van der Waals surface area contributed by atoms with Crippen LogP contribution in [0.4, 0.5) is 3.89 Å². The molecule has 1 saturated heterocycles. The summed E-state index contributed by atoms with van der Waals surface area (Å²) < 4.78 is 55.8. The van der Waals surface area contributed by atoms with Gasteiger partial charge in [0.1, 0.15) is 9.84 Å². The van der Waals surface area contributed by atoms with Crippen LogP contribution >= 0.6 is 0 Å². The number of hydrogen-bond donors (Lipinski definition) is 0. The molecule has 84 valence electrons. The van der Waals surface area contributed by atoms with Gasteiger partial charge in [-0.1, -0.05) is 0 Å². The minimum Gasteiger partial charge on any atom is -0.229 e. The Labute approximate surface area is 83.6 Å². The molecule has 0 radical (unpaired) electrons. The van der Waals surface area contributed by atoms with Gasteiger partial charge in [-0.15, -0.1) is 3.89 Å². The van der Waals surface area contributed by atoms with Crippen LogP contribution in [0.1, 0.15) is 19.8 Å². The van der Waals surface area contributed by atoms with Gasteiger partial charge in [0.2, 0.25) is 0 Å². The molecule has 0 saturated carbocycles. The Hall–Kier alpha value is -0.170. The summed E-state index contributed by atoms with van der Waals surface area (Å²) in [4.78, 5) is 0. The molecule has 0 amide bonds. The maximum atomic E-state index is 12.6. The normalized spacial score (nSPS) is 25.9. The molecular formula is C7H13FO4S2. The van der Waals surface area contributed by atoms with Gasteiger partial charge in [-0.25, -0.2) is 8.42 Å². The van der Waals surface area contributed by atoms with Crippen molar-refractivity contribution in [2.24, 2.45) is 5.92 Å². The van der Waals surface area contributed by atoms with Gasteiger partial charge in [-0.3, -0.25) is 0 Å². The van der Waals surface area contributed by atoms with Crippen molar-refractivity contribution in [1.82, 2.24) is 0 Å². The van der Waals surface area contributed by atoms with Crippen LogP contribution in [0.5, 0.6) is 0 Å². The van der Waals surface area contributed by atoms with E-state index in [1.54, 1.807) is 0 Å². The molecule has 0 aliphatic carbocycles. The summed E-state index contributed by atoms with van der Waals surface area (Å²) in [5.41, 5.74) is 0. The van der Waals surface area contributed by atoms with Gasteiger partial charge < -0.3 is 0 Å². The molecule has 0 aromatic heterocycles. The van der Waals surface area contributed by atoms with Crippen molar-refractivity contribution in [3.05, 3.63) is 0 Å². The zero-order chi connectivity index (χ0) is 11.0. The zero-order valence-electron chi connectivity index (χ0n) is 7.81. The van der Waals surface area contributed by atoms with Crippen LogP contribution in [0.25, 0.3) is 0 Å². The average molecular weight is 244 g/mol. The predicted molar refractivity (Wildman–Crippen MR) is 50.9 cm³/mol. The van der Waals surface area contributed by atoms with Crippen LogP contribution in [-0.4, -0.2) is 33.6 Å². The minimum absolute atomic E-state index is 0.0302. The molecule has 1 fully saturated rings. The number of halogens is 1. The largest absolute Gasteiger partial charge is 0.305 e. The van der Waals surface area contributed by atoms with Crippen molar-refractivity contribution < 1.29 is 20.7 Å². The Morgan fingerprint density at radius 3 is 2.07 bits per heavy atom. The highest BCUT2D eigenvalue weighted by Gasteiger charge is 2.33. The molecule has 0 bridgehead atoms. The third-order valence-electron chi connectivity index (χ3n) is 2.71. The van der Waals surface area contributed by atoms with Gasteiger partial charge in [-0.2, -0.15) is 8.42 Å². The molecule has 0 aromatic rings. The van der Waals surface area contributed by atoms with Crippen molar-refractivity contribution in [3.63, 3.8) is 0 Å². The van der Waals surface area contributed by atoms with E-state index in [-0.39, 0.29) is 30.3 Å². The van der Waals surface area contributed by atoms with Crippen LogP contribution in [0, 0.1) is 5.92 Å². The van der Waals surface area contributed by atoms with Crippen molar-refractivity contribution in [1.29, 1.82) is 0 Å². The Morgan fingerprint density at radius 2 is 1.71 bits per heavy atom. The second-order valence-electron chi connectivity index (χ2n) is 3.67. The second-order valence-corrected chi connectivity index (χ2v) is 7.67. The van der Waals surface area contributed by atoms with E-state index in [0.29, 0.717) is 0 Å². The molecule has 1 aliphatic heterocycles. The second kappa shape index (κ2) is 3.77. The SMILES string of the molecule is CC(C1CCS(=O)(=O)CC1)S(=O)(=O)F. The maximum absolute atomic E-state index is 12.6. The lowest BCUT2D eigenvalue weighted by molar-refractivity contribution is 0.429. The fourth-order valence-corrected chi connectivity index (χ4v) is 3.87. The first kappa shape index (κ1) is 11.9. The Bertz CT molecular complexity index is 383. The molecule has 7 heteroatoms. The first-order chi connectivity index (χ1) is 6.22. The molecule has 0 N–H and O–H groups in total. The molecule has 1 atom stereocenters. The monoisotopic (exact) mass is 244 g/mol. The fourth-order valence-electron chi connectivity index (χ4n) is 1.61. The van der Waals surface area contributed by atoms with E-state index in [4.69, 9.17) is 0 Å². The van der Waals surface area contributed by atoms with Crippen molar-refractivity contribution in [3.8, 4) is 0 Å². The summed E-state index contributed by atoms with van der Waals surface area (Å²) in [6.45, 7) is 1.29. The lowest BCUT2D eigenvalue weighted by atomic mass is 10.00. The highest BCUT2D eigenvalue weighted by Crippen LogP contribution is 2.26. The van der Waals surface area contributed by atoms with E-state index in [2.05, 4.69) is 0 Å². The minimum atomic E-state index is -4.53. The van der Waals surface area contributed by atoms with Crippen LogP contribution < -0.4 is 0 Å². The molecule has 14 heavy (non-hydrogen) atoms. The molecule has 0 aromatic carbocycles. The summed E-state index contributed by atoms with van der Waals surface area (Å²) >= 11 is 0. The Kier molecular flexibility index (Phi) is 3.20. The van der Waals surface area contributed by atoms with Gasteiger partial charge in [0, 0.05) is 0 Å². The van der Waals surface area contributed by atoms with Crippen LogP contribution in [-0.2, 0) is 20.1 Å². The first-order valence-corrected chi connectivity index (χ1v) is 7.63. The van der Waals surface area contributed by atoms with E-state index in [1.165, 1.54) is 6.92 Å². The smallest absolute Gasteiger partial charge is 0.229 e. The van der Waals surface area contributed by atoms with Crippen LogP contribution in [0.3, 0.4) is 0 Å². The third kappa shape index (κ3) is 2.91. The van der Waals surface area contributed by atoms with Crippen molar-refractivity contribution in [2.45, 2.75) is 25.0 Å². The standard InChI is InChI=1S/C7H13FO4S2/c1-6(14(8,11)12)7-2-4-13(9,10)5-3-7/h6-7H,2-5H2,1H3. The molecule has 1 unspecified atom stereocenters. The van der Waals surface area contributed by atoms with E-state index in [1.807, 2.05) is 0 Å². The van der Waals surface area contributed by atoms with Crippen LogP contribution in [0.15, 0.2) is 0 Å². The number of hydrogen-bond acceptors (Lipinski definition) is 4. The molecule has 1 heterocycles. The number of rotatable bonds is 2. The van der Waals surface area contributed by atoms with E-state index in [0.717, 1.165) is 0 Å². The predicted octanol–water partition coefficient (Wildman–Crippen LogP) is 0.499. The van der Waals surface area contributed by atoms with Crippen molar-refractivity contribution >= 4 is 20.1 Å². The molecule has 1 aliphatic rings. The third-order valence-corrected chi connectivity index (χ3v) is 5.70. The average Bonchev–Trinajstić information content (AvgIpc) is 2.01. The van der Waals surface area contributed by atoms with Gasteiger partial charge in [0.05, 0.1) is 16.8 Å². The molecule has 0 spiro atoms. The van der Waals surface area contributed by atoms with E-state index < -0.39 is 25.3 Å². The van der Waals surface area contributed by atoms with E-state index in [9.17, 15) is 20.7 Å². The summed E-state index contributed by atoms with van der Waals surface area (Å²) in [5, 5.41) is -1.09. The fraction of sp³-hybridized carbons (Fsp3) is 1.00. The summed E-state index contributed by atoms with van der Waals surface area (Å²) in [7, 11) is -7.55. The van der Waals surface area contributed by atoms with Gasteiger partial charge in [0.15, 0.2) is 0 Å². The quantitative estimate of drug-likeness (QED) is 0.663. The molecule has 1 rings (SSSR count). The topological polar surface area (TPSA) is 68.3 Å². The summed E-state index contributed by atoms with van der Waals surface area (Å²) in [6.07, 6.45) is 0.485. The lowest BCUT2D eigenvalue weighted by Crippen LogP contribution is -2.32. The summed E-state index contributed by atoms with van der Waals surface area (Å²) in [5.74, 6) is -0.428. The lowest BCUT2D eigenvalue weighted by Gasteiger charge is -2.24. The first-order valence-electron chi connectivity index (χ1n) is 4.36. The Balaban J connectivity index is 2.68. The summed E-state index contributed by atoms with van der Waals surface area (Å²) in [6, 6.07) is 0. The molecule has 4 nitrogen and oxygen atoms in total. The van der Waals surface area contributed by atoms with Crippen molar-refractivity contribution in [2.75, 3.05) is 11.5 Å². The number of sulfone groups is 1. The van der Waals surface area contributed by atoms with Gasteiger partial charge >= 0.3 is 10.2 Å².